The lowest BCUT2D eigenvalue weighted by molar-refractivity contribution is -0.230. The molecule has 0 radical (unpaired) electrons. The van der Waals surface area contributed by atoms with E-state index < -0.39 is 82.8 Å². The van der Waals surface area contributed by atoms with Crippen LogP contribution < -0.4 is 0 Å². The van der Waals surface area contributed by atoms with Crippen LogP contribution in [0.2, 0.25) is 0 Å². The zero-order valence-corrected chi connectivity index (χ0v) is 21.9. The summed E-state index contributed by atoms with van der Waals surface area (Å²) in [6.45, 7) is 10.9. The zero-order valence-electron chi connectivity index (χ0n) is 21.1. The smallest absolute Gasteiger partial charge is 0.267 e. The average molecular weight is 525 g/mol. The molecule has 5 aliphatic rings. The topological polar surface area (TPSA) is 126 Å². The van der Waals surface area contributed by atoms with Crippen LogP contribution in [0.15, 0.2) is 0 Å². The van der Waals surface area contributed by atoms with Crippen molar-refractivity contribution in [2.75, 3.05) is 19.5 Å². The van der Waals surface area contributed by atoms with E-state index in [2.05, 4.69) is 0 Å². The van der Waals surface area contributed by atoms with Gasteiger partial charge in [-0.15, -0.1) is 0 Å². The van der Waals surface area contributed by atoms with Crippen LogP contribution in [-0.2, 0) is 56.9 Å². The number of ether oxygens (including phenoxy) is 9. The highest BCUT2D eigenvalue weighted by molar-refractivity contribution is 7.86. The summed E-state index contributed by atoms with van der Waals surface area (Å²) in [6, 6.07) is 0. The number of methoxy groups -OCH3 is 1. The Kier molecular flexibility index (Phi) is 6.58. The van der Waals surface area contributed by atoms with E-state index >= 15 is 0 Å². The maximum Gasteiger partial charge on any atom is 0.267 e. The second-order valence-corrected chi connectivity index (χ2v) is 12.6. The lowest BCUT2D eigenvalue weighted by atomic mass is 10.1. The highest BCUT2D eigenvalue weighted by Gasteiger charge is 2.60. The van der Waals surface area contributed by atoms with Crippen molar-refractivity contribution >= 4 is 10.1 Å². The largest absolute Gasteiger partial charge is 0.353 e. The molecule has 0 spiro atoms. The Morgan fingerprint density at radius 2 is 1.46 bits per heavy atom. The fourth-order valence-corrected chi connectivity index (χ4v) is 6.51. The van der Waals surface area contributed by atoms with Gasteiger partial charge in [0.1, 0.15) is 36.6 Å². The molecule has 5 saturated heterocycles. The van der Waals surface area contributed by atoms with Gasteiger partial charge in [-0.25, -0.2) is 0 Å². The zero-order chi connectivity index (χ0) is 25.4. The minimum atomic E-state index is -4.03. The van der Waals surface area contributed by atoms with Gasteiger partial charge in [-0.05, 0) is 48.0 Å². The van der Waals surface area contributed by atoms with Crippen LogP contribution in [0.3, 0.4) is 0 Å². The van der Waals surface area contributed by atoms with Crippen molar-refractivity contribution in [3.05, 3.63) is 0 Å². The molecule has 0 N–H and O–H groups in total. The average Bonchev–Trinajstić information content (AvgIpc) is 3.47. The van der Waals surface area contributed by atoms with Crippen molar-refractivity contribution < 1.29 is 55.2 Å². The molecule has 202 valence electrons. The first-order valence-corrected chi connectivity index (χ1v) is 13.5. The van der Waals surface area contributed by atoms with E-state index in [1.807, 2.05) is 0 Å². The highest BCUT2D eigenvalue weighted by atomic mass is 32.2. The number of hydrogen-bond donors (Lipinski definition) is 0. The van der Waals surface area contributed by atoms with Crippen LogP contribution in [0.5, 0.6) is 0 Å². The lowest BCUT2D eigenvalue weighted by Crippen LogP contribution is -2.45. The van der Waals surface area contributed by atoms with Crippen LogP contribution >= 0.6 is 0 Å². The summed E-state index contributed by atoms with van der Waals surface area (Å²) in [7, 11) is -2.52. The van der Waals surface area contributed by atoms with Crippen molar-refractivity contribution in [3.8, 4) is 0 Å². The Hall–Kier alpha value is -0.450. The molecule has 9 unspecified atom stereocenters. The molecule has 9 atom stereocenters. The van der Waals surface area contributed by atoms with Gasteiger partial charge in [-0.3, -0.25) is 4.18 Å². The van der Waals surface area contributed by atoms with Gasteiger partial charge < -0.3 is 42.6 Å². The predicted octanol–water partition coefficient (Wildman–Crippen LogP) is 1.01. The molecule has 0 bridgehead atoms. The third-order valence-corrected chi connectivity index (χ3v) is 7.92. The van der Waals surface area contributed by atoms with Crippen LogP contribution in [0.4, 0.5) is 0 Å². The number of hydrogen-bond acceptors (Lipinski definition) is 12. The van der Waals surface area contributed by atoms with Gasteiger partial charge >= 0.3 is 0 Å². The normalized spacial score (nSPS) is 45.6. The van der Waals surface area contributed by atoms with Crippen LogP contribution in [-0.4, -0.2) is 101 Å². The molecule has 5 heterocycles. The second-order valence-electron chi connectivity index (χ2n) is 10.9. The molecular formula is C22H36O12S. The third-order valence-electron chi connectivity index (χ3n) is 6.67. The number of fused-ring (bicyclic) bond motifs is 2. The van der Waals surface area contributed by atoms with Crippen molar-refractivity contribution in [1.29, 1.82) is 0 Å². The Balaban J connectivity index is 1.27. The lowest BCUT2D eigenvalue weighted by Gasteiger charge is -2.28. The van der Waals surface area contributed by atoms with Gasteiger partial charge in [-0.1, -0.05) is 0 Å². The molecule has 13 heteroatoms. The maximum absolute atomic E-state index is 13.1. The molecule has 0 aliphatic carbocycles. The Labute approximate surface area is 205 Å². The molecule has 5 fully saturated rings. The second kappa shape index (κ2) is 8.80. The molecule has 0 aromatic carbocycles. The van der Waals surface area contributed by atoms with Crippen LogP contribution in [0.25, 0.3) is 0 Å². The highest BCUT2D eigenvalue weighted by Crippen LogP contribution is 2.43. The molecule has 0 saturated carbocycles. The Morgan fingerprint density at radius 1 is 0.800 bits per heavy atom. The standard InChI is InChI=1S/C22H36O12S/c1-20(2)26-10-12(29-20)13-15(17-19(28-13)33-22(5,6)32-17)34-35(23,24)9-8-11-14-16(18(25-7)27-11)31-21(3,4)30-14/h11-19H,8-10H2,1-7H3. The molecule has 35 heavy (non-hydrogen) atoms. The van der Waals surface area contributed by atoms with E-state index in [1.165, 1.54) is 7.11 Å². The maximum atomic E-state index is 13.1. The molecule has 0 aromatic rings. The van der Waals surface area contributed by atoms with E-state index in [4.69, 9.17) is 46.8 Å². The molecule has 0 aromatic heterocycles. The summed E-state index contributed by atoms with van der Waals surface area (Å²) >= 11 is 0. The summed E-state index contributed by atoms with van der Waals surface area (Å²) in [5.74, 6) is -2.87. The first-order chi connectivity index (χ1) is 16.2. The van der Waals surface area contributed by atoms with Crippen LogP contribution in [0, 0.1) is 0 Å². The fraction of sp³-hybridized carbons (Fsp3) is 1.00. The summed E-state index contributed by atoms with van der Waals surface area (Å²) in [5, 5.41) is 0. The number of rotatable bonds is 7. The molecule has 0 amide bonds. The third kappa shape index (κ3) is 5.28. The van der Waals surface area contributed by atoms with Gasteiger partial charge in [0, 0.05) is 7.11 Å². The summed E-state index contributed by atoms with van der Waals surface area (Å²) < 4.78 is 84.4. The van der Waals surface area contributed by atoms with Crippen LogP contribution in [0.1, 0.15) is 48.0 Å². The summed E-state index contributed by atoms with van der Waals surface area (Å²) in [4.78, 5) is 0. The Bertz CT molecular complexity index is 904. The van der Waals surface area contributed by atoms with E-state index in [-0.39, 0.29) is 18.8 Å². The molecule has 5 rings (SSSR count). The fourth-order valence-electron chi connectivity index (χ4n) is 5.33. The van der Waals surface area contributed by atoms with Crippen molar-refractivity contribution in [2.45, 2.75) is 121 Å². The van der Waals surface area contributed by atoms with Gasteiger partial charge in [0.2, 0.25) is 0 Å². The first kappa shape index (κ1) is 26.2. The quantitative estimate of drug-likeness (QED) is 0.441. The first-order valence-electron chi connectivity index (χ1n) is 12.0. The minimum absolute atomic E-state index is 0.133. The van der Waals surface area contributed by atoms with Gasteiger partial charge in [0.25, 0.3) is 10.1 Å². The summed E-state index contributed by atoms with van der Waals surface area (Å²) in [6.07, 6.45) is -5.72. The molecular weight excluding hydrogens is 488 g/mol. The van der Waals surface area contributed by atoms with E-state index in [9.17, 15) is 8.42 Å². The van der Waals surface area contributed by atoms with Crippen molar-refractivity contribution in [2.24, 2.45) is 0 Å². The summed E-state index contributed by atoms with van der Waals surface area (Å²) in [5.41, 5.74) is 0. The predicted molar refractivity (Wildman–Crippen MR) is 116 cm³/mol. The van der Waals surface area contributed by atoms with Gasteiger partial charge in [-0.2, -0.15) is 8.42 Å². The van der Waals surface area contributed by atoms with E-state index in [0.717, 1.165) is 0 Å². The minimum Gasteiger partial charge on any atom is -0.353 e. The molecule has 12 nitrogen and oxygen atoms in total. The van der Waals surface area contributed by atoms with Gasteiger partial charge in [0.05, 0.1) is 18.5 Å². The van der Waals surface area contributed by atoms with Crippen molar-refractivity contribution in [3.63, 3.8) is 0 Å². The van der Waals surface area contributed by atoms with E-state index in [1.54, 1.807) is 41.5 Å². The molecule has 5 aliphatic heterocycles. The SMILES string of the molecule is COC1OC(CCS(=O)(=O)OC2C(C3COC(C)(C)O3)OC3OC(C)(C)OC32)C2OC(C)(C)OC12. The van der Waals surface area contributed by atoms with Crippen molar-refractivity contribution in [1.82, 2.24) is 0 Å². The van der Waals surface area contributed by atoms with Gasteiger partial charge in [0.15, 0.2) is 29.9 Å². The van der Waals surface area contributed by atoms with E-state index in [0.29, 0.717) is 0 Å². The monoisotopic (exact) mass is 524 g/mol. The Morgan fingerprint density at radius 3 is 2.11 bits per heavy atom.